The Bertz CT molecular complexity index is 333. The Kier molecular flexibility index (Phi) is 6.36. The topological polar surface area (TPSA) is 39.7 Å². The molecule has 1 unspecified atom stereocenters. The molecule has 0 aliphatic rings. The van der Waals surface area contributed by atoms with Gasteiger partial charge >= 0.3 is 0 Å². The van der Waals surface area contributed by atoms with E-state index in [1.165, 1.54) is 0 Å². The van der Waals surface area contributed by atoms with Crippen LogP contribution in [0.5, 0.6) is 17.2 Å². The molecular formula is C14H23NO3. The van der Waals surface area contributed by atoms with E-state index < -0.39 is 0 Å². The van der Waals surface area contributed by atoms with Crippen LogP contribution in [-0.2, 0) is 0 Å². The Morgan fingerprint density at radius 3 is 2.28 bits per heavy atom. The second-order valence-corrected chi connectivity index (χ2v) is 4.17. The van der Waals surface area contributed by atoms with Crippen molar-refractivity contribution in [2.24, 2.45) is 0 Å². The van der Waals surface area contributed by atoms with Gasteiger partial charge < -0.3 is 19.5 Å². The summed E-state index contributed by atoms with van der Waals surface area (Å²) in [6.07, 6.45) is 2.07. The minimum atomic E-state index is 0.508. The third-order valence-corrected chi connectivity index (χ3v) is 2.90. The van der Waals surface area contributed by atoms with Gasteiger partial charge in [-0.15, -0.1) is 0 Å². The van der Waals surface area contributed by atoms with Gasteiger partial charge in [0.1, 0.15) is 0 Å². The molecule has 0 saturated carbocycles. The molecule has 4 heteroatoms. The molecule has 1 aromatic carbocycles. The molecule has 102 valence electrons. The van der Waals surface area contributed by atoms with Crippen LogP contribution in [0.15, 0.2) is 18.2 Å². The highest BCUT2D eigenvalue weighted by atomic mass is 16.5. The second kappa shape index (κ2) is 7.82. The molecule has 0 spiro atoms. The first-order valence-corrected chi connectivity index (χ1v) is 6.24. The van der Waals surface area contributed by atoms with Gasteiger partial charge in [-0.2, -0.15) is 0 Å². The molecule has 0 aliphatic carbocycles. The lowest BCUT2D eigenvalue weighted by atomic mass is 10.2. The standard InChI is InChI=1S/C14H23NO3/c1-11(15-2)7-6-10-18-14-12(16-3)8-5-9-13(14)17-4/h5,8-9,11,15H,6-7,10H2,1-4H3. The van der Waals surface area contributed by atoms with Crippen molar-refractivity contribution < 1.29 is 14.2 Å². The fourth-order valence-corrected chi connectivity index (χ4v) is 1.67. The maximum atomic E-state index is 5.77. The van der Waals surface area contributed by atoms with Crippen molar-refractivity contribution in [2.75, 3.05) is 27.9 Å². The summed E-state index contributed by atoms with van der Waals surface area (Å²) >= 11 is 0. The van der Waals surface area contributed by atoms with Gasteiger partial charge in [0.05, 0.1) is 20.8 Å². The van der Waals surface area contributed by atoms with Crippen molar-refractivity contribution in [1.82, 2.24) is 5.32 Å². The maximum Gasteiger partial charge on any atom is 0.203 e. The molecule has 1 atom stereocenters. The highest BCUT2D eigenvalue weighted by Crippen LogP contribution is 2.36. The van der Waals surface area contributed by atoms with Gasteiger partial charge in [-0.3, -0.25) is 0 Å². The molecule has 0 radical (unpaired) electrons. The summed E-state index contributed by atoms with van der Waals surface area (Å²) in [6.45, 7) is 2.81. The van der Waals surface area contributed by atoms with Crippen LogP contribution < -0.4 is 19.5 Å². The average Bonchev–Trinajstić information content (AvgIpc) is 2.42. The monoisotopic (exact) mass is 253 g/mol. The van der Waals surface area contributed by atoms with Crippen molar-refractivity contribution in [3.05, 3.63) is 18.2 Å². The minimum absolute atomic E-state index is 0.508. The van der Waals surface area contributed by atoms with E-state index >= 15 is 0 Å². The van der Waals surface area contributed by atoms with Crippen LogP contribution >= 0.6 is 0 Å². The summed E-state index contributed by atoms with van der Waals surface area (Å²) in [5.74, 6) is 2.09. The average molecular weight is 253 g/mol. The van der Waals surface area contributed by atoms with E-state index in [-0.39, 0.29) is 0 Å². The molecule has 1 aromatic rings. The lowest BCUT2D eigenvalue weighted by molar-refractivity contribution is 0.264. The largest absolute Gasteiger partial charge is 0.493 e. The predicted octanol–water partition coefficient (Wildman–Crippen LogP) is 2.47. The molecule has 0 heterocycles. The Morgan fingerprint density at radius 2 is 1.78 bits per heavy atom. The van der Waals surface area contributed by atoms with Crippen LogP contribution in [0, 0.1) is 0 Å². The zero-order valence-electron chi connectivity index (χ0n) is 11.7. The molecule has 0 fully saturated rings. The van der Waals surface area contributed by atoms with E-state index in [0.717, 1.165) is 12.8 Å². The highest BCUT2D eigenvalue weighted by molar-refractivity contribution is 5.51. The first-order chi connectivity index (χ1) is 8.72. The number of nitrogens with one attached hydrogen (secondary N) is 1. The second-order valence-electron chi connectivity index (χ2n) is 4.17. The number of methoxy groups -OCH3 is 2. The molecule has 0 saturated heterocycles. The van der Waals surface area contributed by atoms with Crippen LogP contribution in [0.2, 0.25) is 0 Å². The molecule has 1 N–H and O–H groups in total. The Morgan fingerprint density at radius 1 is 1.17 bits per heavy atom. The molecule has 18 heavy (non-hydrogen) atoms. The van der Waals surface area contributed by atoms with Crippen LogP contribution in [-0.4, -0.2) is 33.9 Å². The van der Waals surface area contributed by atoms with Gasteiger partial charge in [-0.05, 0) is 38.9 Å². The molecule has 0 aliphatic heterocycles. The summed E-state index contributed by atoms with van der Waals surface area (Å²) in [5.41, 5.74) is 0. The summed E-state index contributed by atoms with van der Waals surface area (Å²) in [6, 6.07) is 6.13. The number of rotatable bonds is 8. The zero-order chi connectivity index (χ0) is 13.4. The first kappa shape index (κ1) is 14.6. The van der Waals surface area contributed by atoms with Gasteiger partial charge in [0, 0.05) is 6.04 Å². The molecule has 0 amide bonds. The van der Waals surface area contributed by atoms with E-state index in [2.05, 4.69) is 12.2 Å². The fourth-order valence-electron chi connectivity index (χ4n) is 1.67. The van der Waals surface area contributed by atoms with Gasteiger partial charge in [0.2, 0.25) is 5.75 Å². The zero-order valence-corrected chi connectivity index (χ0v) is 11.7. The lowest BCUT2D eigenvalue weighted by Gasteiger charge is -2.15. The van der Waals surface area contributed by atoms with Crippen molar-refractivity contribution in [3.63, 3.8) is 0 Å². The molecule has 4 nitrogen and oxygen atoms in total. The number of hydrogen-bond donors (Lipinski definition) is 1. The number of benzene rings is 1. The summed E-state index contributed by atoms with van der Waals surface area (Å²) < 4.78 is 16.3. The summed E-state index contributed by atoms with van der Waals surface area (Å²) in [4.78, 5) is 0. The highest BCUT2D eigenvalue weighted by Gasteiger charge is 2.10. The Labute approximate surface area is 109 Å². The van der Waals surface area contributed by atoms with Gasteiger partial charge in [0.25, 0.3) is 0 Å². The fraction of sp³-hybridized carbons (Fsp3) is 0.571. The van der Waals surface area contributed by atoms with Crippen molar-refractivity contribution in [3.8, 4) is 17.2 Å². The van der Waals surface area contributed by atoms with Crippen molar-refractivity contribution in [1.29, 1.82) is 0 Å². The van der Waals surface area contributed by atoms with Gasteiger partial charge in [-0.1, -0.05) is 6.07 Å². The van der Waals surface area contributed by atoms with Crippen molar-refractivity contribution in [2.45, 2.75) is 25.8 Å². The smallest absolute Gasteiger partial charge is 0.203 e. The SMILES string of the molecule is CNC(C)CCCOc1c(OC)cccc1OC. The summed E-state index contributed by atoms with van der Waals surface area (Å²) in [7, 11) is 5.23. The van der Waals surface area contributed by atoms with Gasteiger partial charge in [-0.25, -0.2) is 0 Å². The predicted molar refractivity (Wildman–Crippen MR) is 72.8 cm³/mol. The van der Waals surface area contributed by atoms with Crippen LogP contribution in [0.25, 0.3) is 0 Å². The third kappa shape index (κ3) is 4.11. The van der Waals surface area contributed by atoms with Gasteiger partial charge in [0.15, 0.2) is 11.5 Å². The minimum Gasteiger partial charge on any atom is -0.493 e. The number of para-hydroxylation sites is 1. The van der Waals surface area contributed by atoms with E-state index in [9.17, 15) is 0 Å². The lowest BCUT2D eigenvalue weighted by Crippen LogP contribution is -2.21. The van der Waals surface area contributed by atoms with Crippen molar-refractivity contribution >= 4 is 0 Å². The van der Waals surface area contributed by atoms with Crippen LogP contribution in [0.4, 0.5) is 0 Å². The quantitative estimate of drug-likeness (QED) is 0.722. The maximum absolute atomic E-state index is 5.77. The van der Waals surface area contributed by atoms with E-state index in [1.807, 2.05) is 25.2 Å². The number of hydrogen-bond acceptors (Lipinski definition) is 4. The van der Waals surface area contributed by atoms with Crippen LogP contribution in [0.3, 0.4) is 0 Å². The molecule has 1 rings (SSSR count). The molecule has 0 aromatic heterocycles. The summed E-state index contributed by atoms with van der Waals surface area (Å²) in [5, 5.41) is 3.20. The van der Waals surface area contributed by atoms with E-state index in [1.54, 1.807) is 14.2 Å². The van der Waals surface area contributed by atoms with E-state index in [0.29, 0.717) is 29.9 Å². The molecular weight excluding hydrogens is 230 g/mol. The van der Waals surface area contributed by atoms with E-state index in [4.69, 9.17) is 14.2 Å². The first-order valence-electron chi connectivity index (χ1n) is 6.24. The normalized spacial score (nSPS) is 12.0. The molecule has 0 bridgehead atoms. The number of ether oxygens (including phenoxy) is 3. The van der Waals surface area contributed by atoms with Crippen LogP contribution in [0.1, 0.15) is 19.8 Å². The Balaban J connectivity index is 2.55. The Hall–Kier alpha value is -1.42. The third-order valence-electron chi connectivity index (χ3n) is 2.90.